The van der Waals surface area contributed by atoms with Crippen LogP contribution in [0.1, 0.15) is 29.4 Å². The van der Waals surface area contributed by atoms with Crippen LogP contribution >= 0.6 is 11.3 Å². The SMILES string of the molecule is CC(C)NCc1nnc(Cc2ccccc2)s1. The first kappa shape index (κ1) is 12.2. The molecule has 1 aromatic heterocycles. The van der Waals surface area contributed by atoms with E-state index in [1.807, 2.05) is 6.07 Å². The average molecular weight is 247 g/mol. The summed E-state index contributed by atoms with van der Waals surface area (Å²) in [4.78, 5) is 0. The van der Waals surface area contributed by atoms with E-state index in [1.165, 1.54) is 5.56 Å². The number of rotatable bonds is 5. The first-order valence-corrected chi connectivity index (χ1v) is 6.64. The number of hydrogen-bond acceptors (Lipinski definition) is 4. The molecule has 0 fully saturated rings. The lowest BCUT2D eigenvalue weighted by atomic mass is 10.2. The van der Waals surface area contributed by atoms with Crippen molar-refractivity contribution in [3.8, 4) is 0 Å². The molecule has 0 aliphatic heterocycles. The molecule has 0 spiro atoms. The van der Waals surface area contributed by atoms with Gasteiger partial charge < -0.3 is 5.32 Å². The monoisotopic (exact) mass is 247 g/mol. The zero-order valence-electron chi connectivity index (χ0n) is 10.2. The van der Waals surface area contributed by atoms with Crippen LogP contribution in [0, 0.1) is 0 Å². The van der Waals surface area contributed by atoms with Gasteiger partial charge in [-0.1, -0.05) is 55.5 Å². The molecule has 17 heavy (non-hydrogen) atoms. The summed E-state index contributed by atoms with van der Waals surface area (Å²) in [6.45, 7) is 5.07. The van der Waals surface area contributed by atoms with Gasteiger partial charge in [-0.15, -0.1) is 10.2 Å². The summed E-state index contributed by atoms with van der Waals surface area (Å²) in [5.41, 5.74) is 1.28. The second-order valence-corrected chi connectivity index (χ2v) is 5.43. The second kappa shape index (κ2) is 5.89. The lowest BCUT2D eigenvalue weighted by Crippen LogP contribution is -2.21. The van der Waals surface area contributed by atoms with Gasteiger partial charge in [0.1, 0.15) is 10.0 Å². The maximum Gasteiger partial charge on any atom is 0.131 e. The molecular weight excluding hydrogens is 230 g/mol. The smallest absolute Gasteiger partial charge is 0.131 e. The first-order valence-electron chi connectivity index (χ1n) is 5.82. The molecule has 0 amide bonds. The van der Waals surface area contributed by atoms with Crippen LogP contribution in [0.25, 0.3) is 0 Å². The van der Waals surface area contributed by atoms with E-state index < -0.39 is 0 Å². The third-order valence-corrected chi connectivity index (χ3v) is 3.29. The lowest BCUT2D eigenvalue weighted by Gasteiger charge is -2.03. The lowest BCUT2D eigenvalue weighted by molar-refractivity contribution is 0.584. The van der Waals surface area contributed by atoms with E-state index in [-0.39, 0.29) is 0 Å². The Hall–Kier alpha value is -1.26. The topological polar surface area (TPSA) is 37.8 Å². The van der Waals surface area contributed by atoms with Crippen molar-refractivity contribution < 1.29 is 0 Å². The Labute approximate surface area is 106 Å². The number of nitrogens with zero attached hydrogens (tertiary/aromatic N) is 2. The van der Waals surface area contributed by atoms with Gasteiger partial charge in [-0.05, 0) is 5.56 Å². The summed E-state index contributed by atoms with van der Waals surface area (Å²) >= 11 is 1.68. The summed E-state index contributed by atoms with van der Waals surface area (Å²) in [5, 5.41) is 13.9. The minimum Gasteiger partial charge on any atom is -0.308 e. The highest BCUT2D eigenvalue weighted by molar-refractivity contribution is 7.11. The van der Waals surface area contributed by atoms with Gasteiger partial charge in [0.05, 0.1) is 0 Å². The van der Waals surface area contributed by atoms with Crippen molar-refractivity contribution in [2.45, 2.75) is 32.9 Å². The van der Waals surface area contributed by atoms with Crippen LogP contribution in [0.15, 0.2) is 30.3 Å². The molecule has 0 aliphatic rings. The molecule has 1 heterocycles. The van der Waals surface area contributed by atoms with Gasteiger partial charge in [0.2, 0.25) is 0 Å². The third kappa shape index (κ3) is 3.91. The van der Waals surface area contributed by atoms with E-state index in [9.17, 15) is 0 Å². The Balaban J connectivity index is 1.94. The average Bonchev–Trinajstić information content (AvgIpc) is 2.75. The number of aromatic nitrogens is 2. The van der Waals surface area contributed by atoms with E-state index in [0.29, 0.717) is 6.04 Å². The standard InChI is InChI=1S/C13H17N3S/c1-10(2)14-9-13-16-15-12(17-13)8-11-6-4-3-5-7-11/h3-7,10,14H,8-9H2,1-2H3. The van der Waals surface area contributed by atoms with Crippen molar-refractivity contribution in [1.29, 1.82) is 0 Å². The second-order valence-electron chi connectivity index (χ2n) is 4.29. The highest BCUT2D eigenvalue weighted by atomic mass is 32.1. The maximum atomic E-state index is 4.22. The van der Waals surface area contributed by atoms with Crippen LogP contribution < -0.4 is 5.32 Å². The summed E-state index contributed by atoms with van der Waals surface area (Å²) < 4.78 is 0. The molecule has 0 radical (unpaired) electrons. The molecule has 0 saturated carbocycles. The van der Waals surface area contributed by atoms with Crippen molar-refractivity contribution in [2.24, 2.45) is 0 Å². The van der Waals surface area contributed by atoms with Crippen molar-refractivity contribution >= 4 is 11.3 Å². The molecule has 2 aromatic rings. The quantitative estimate of drug-likeness (QED) is 0.882. The zero-order chi connectivity index (χ0) is 12.1. The van der Waals surface area contributed by atoms with Gasteiger partial charge in [0.15, 0.2) is 0 Å². The molecule has 2 rings (SSSR count). The molecular formula is C13H17N3S. The molecule has 0 bridgehead atoms. The minimum atomic E-state index is 0.483. The Morgan fingerprint density at radius 2 is 1.82 bits per heavy atom. The normalized spacial score (nSPS) is 11.0. The maximum absolute atomic E-state index is 4.22. The molecule has 4 heteroatoms. The fourth-order valence-electron chi connectivity index (χ4n) is 1.49. The zero-order valence-corrected chi connectivity index (χ0v) is 11.0. The number of nitrogens with one attached hydrogen (secondary N) is 1. The van der Waals surface area contributed by atoms with Gasteiger partial charge >= 0.3 is 0 Å². The van der Waals surface area contributed by atoms with Crippen LogP contribution in [-0.2, 0) is 13.0 Å². The van der Waals surface area contributed by atoms with Crippen molar-refractivity contribution in [3.63, 3.8) is 0 Å². The van der Waals surface area contributed by atoms with E-state index in [4.69, 9.17) is 0 Å². The third-order valence-electron chi connectivity index (χ3n) is 2.37. The van der Waals surface area contributed by atoms with Gasteiger partial charge in [-0.2, -0.15) is 0 Å². The Bertz CT molecular complexity index is 451. The number of hydrogen-bond donors (Lipinski definition) is 1. The highest BCUT2D eigenvalue weighted by Crippen LogP contribution is 2.14. The summed E-state index contributed by atoms with van der Waals surface area (Å²) in [6.07, 6.45) is 0.875. The van der Waals surface area contributed by atoms with Crippen LogP contribution in [0.4, 0.5) is 0 Å². The molecule has 1 aromatic carbocycles. The largest absolute Gasteiger partial charge is 0.308 e. The molecule has 0 unspecified atom stereocenters. The van der Waals surface area contributed by atoms with Gasteiger partial charge in [0.25, 0.3) is 0 Å². The summed E-state index contributed by atoms with van der Waals surface area (Å²) in [5.74, 6) is 0. The van der Waals surface area contributed by atoms with Gasteiger partial charge in [-0.25, -0.2) is 0 Å². The van der Waals surface area contributed by atoms with Crippen molar-refractivity contribution in [3.05, 3.63) is 45.9 Å². The number of benzene rings is 1. The van der Waals surface area contributed by atoms with Gasteiger partial charge in [-0.3, -0.25) is 0 Å². The van der Waals surface area contributed by atoms with E-state index in [2.05, 4.69) is 53.6 Å². The molecule has 90 valence electrons. The molecule has 1 N–H and O–H groups in total. The van der Waals surface area contributed by atoms with E-state index in [0.717, 1.165) is 23.0 Å². The Morgan fingerprint density at radius 1 is 1.12 bits per heavy atom. The first-order chi connectivity index (χ1) is 8.24. The van der Waals surface area contributed by atoms with Crippen LogP contribution in [0.3, 0.4) is 0 Å². The molecule has 0 aliphatic carbocycles. The van der Waals surface area contributed by atoms with E-state index in [1.54, 1.807) is 11.3 Å². The van der Waals surface area contributed by atoms with Crippen molar-refractivity contribution in [2.75, 3.05) is 0 Å². The van der Waals surface area contributed by atoms with Gasteiger partial charge in [0, 0.05) is 19.0 Å². The predicted molar refractivity (Wildman–Crippen MR) is 71.1 cm³/mol. The predicted octanol–water partition coefficient (Wildman–Crippen LogP) is 2.63. The highest BCUT2D eigenvalue weighted by Gasteiger charge is 2.05. The fourth-order valence-corrected chi connectivity index (χ4v) is 2.32. The minimum absolute atomic E-state index is 0.483. The summed E-state index contributed by atoms with van der Waals surface area (Å²) in [7, 11) is 0. The van der Waals surface area contributed by atoms with Crippen molar-refractivity contribution in [1.82, 2.24) is 15.5 Å². The Kier molecular flexibility index (Phi) is 4.23. The van der Waals surface area contributed by atoms with Crippen LogP contribution in [0.5, 0.6) is 0 Å². The van der Waals surface area contributed by atoms with E-state index >= 15 is 0 Å². The molecule has 3 nitrogen and oxygen atoms in total. The Morgan fingerprint density at radius 3 is 2.53 bits per heavy atom. The summed E-state index contributed by atoms with van der Waals surface area (Å²) in [6, 6.07) is 10.9. The van der Waals surface area contributed by atoms with Crippen LogP contribution in [0.2, 0.25) is 0 Å². The van der Waals surface area contributed by atoms with Crippen LogP contribution in [-0.4, -0.2) is 16.2 Å². The molecule has 0 saturated heterocycles. The molecule has 0 atom stereocenters. The fraction of sp³-hybridized carbons (Fsp3) is 0.385.